The zero-order valence-electron chi connectivity index (χ0n) is 8.81. The normalized spacial score (nSPS) is 15.3. The van der Waals surface area contributed by atoms with Crippen LogP contribution < -0.4 is 0 Å². The summed E-state index contributed by atoms with van der Waals surface area (Å²) in [6.45, 7) is -3.08. The van der Waals surface area contributed by atoms with Crippen molar-refractivity contribution >= 4 is 0 Å². The maximum atomic E-state index is 12.5. The molecule has 0 atom stereocenters. The van der Waals surface area contributed by atoms with E-state index >= 15 is 0 Å². The molecule has 0 amide bonds. The Bertz CT molecular complexity index is 324. The minimum Gasteiger partial charge on any atom is -0.309 e. The second-order valence-electron chi connectivity index (χ2n) is 3.37. The molecule has 0 aliphatic carbocycles. The molecule has 0 aliphatic rings. The highest BCUT2D eigenvalue weighted by Crippen LogP contribution is 2.49. The Kier molecular flexibility index (Phi) is 5.24. The summed E-state index contributed by atoms with van der Waals surface area (Å²) in [7, 11) is 0. The van der Waals surface area contributed by atoms with Crippen molar-refractivity contribution in [3.63, 3.8) is 0 Å². The lowest BCUT2D eigenvalue weighted by molar-refractivity contribution is -0.420. The van der Waals surface area contributed by atoms with Gasteiger partial charge in [0.1, 0.15) is 6.61 Å². The molecule has 0 radical (unpaired) electrons. The molecule has 0 fully saturated rings. The van der Waals surface area contributed by atoms with Crippen LogP contribution in [0.25, 0.3) is 0 Å². The number of halogens is 12. The highest BCUT2D eigenvalue weighted by Gasteiger charge is 2.77. The van der Waals surface area contributed by atoms with Crippen molar-refractivity contribution in [3.8, 4) is 0 Å². The number of ether oxygens (including phenoxy) is 1. The Morgan fingerprint density at radius 2 is 1.10 bits per heavy atom. The van der Waals surface area contributed by atoms with Crippen molar-refractivity contribution in [2.75, 3.05) is 6.61 Å². The smallest absolute Gasteiger partial charge is 0.309 e. The van der Waals surface area contributed by atoms with E-state index in [0.29, 0.717) is 0 Å². The van der Waals surface area contributed by atoms with Crippen molar-refractivity contribution in [1.29, 1.82) is 0 Å². The van der Waals surface area contributed by atoms with Gasteiger partial charge in [0.05, 0.1) is 0 Å². The molecule has 0 aromatic heterocycles. The first-order chi connectivity index (χ1) is 8.59. The lowest BCUT2D eigenvalue weighted by Crippen LogP contribution is -2.59. The SMILES string of the molecule is FC(F)C(F)(F)COC(F)(F)C(F)(F)C(F)(F)C(F)F. The second-order valence-corrected chi connectivity index (χ2v) is 3.37. The molecule has 0 saturated heterocycles. The Balaban J connectivity index is 5.14. The van der Waals surface area contributed by atoms with Gasteiger partial charge in [0.2, 0.25) is 0 Å². The number of hydrogen-bond acceptors (Lipinski definition) is 1. The molecule has 13 heteroatoms. The summed E-state index contributed by atoms with van der Waals surface area (Å²) in [6.07, 6.45) is -16.4. The first kappa shape index (κ1) is 19.1. The maximum absolute atomic E-state index is 12.5. The molecule has 0 rings (SSSR count). The van der Waals surface area contributed by atoms with Gasteiger partial charge >= 0.3 is 36.7 Å². The predicted octanol–water partition coefficient (Wildman–Crippen LogP) is 4.03. The van der Waals surface area contributed by atoms with E-state index in [-0.39, 0.29) is 0 Å². The fraction of sp³-hybridized carbons (Fsp3) is 1.00. The van der Waals surface area contributed by atoms with Crippen molar-refractivity contribution in [2.24, 2.45) is 0 Å². The highest BCUT2D eigenvalue weighted by molar-refractivity contribution is 4.94. The van der Waals surface area contributed by atoms with Gasteiger partial charge in [-0.1, -0.05) is 0 Å². The van der Waals surface area contributed by atoms with Crippen LogP contribution in [0.4, 0.5) is 52.7 Å². The number of rotatable bonds is 7. The van der Waals surface area contributed by atoms with Crippen LogP contribution in [-0.4, -0.2) is 43.3 Å². The zero-order chi connectivity index (χ0) is 16.6. The van der Waals surface area contributed by atoms with Crippen LogP contribution in [0.15, 0.2) is 0 Å². The molecule has 0 heterocycles. The van der Waals surface area contributed by atoms with E-state index < -0.39 is 43.3 Å². The van der Waals surface area contributed by atoms with Crippen molar-refractivity contribution < 1.29 is 57.4 Å². The fourth-order valence-corrected chi connectivity index (χ4v) is 0.672. The molecule has 0 aliphatic heterocycles. The highest BCUT2D eigenvalue weighted by atomic mass is 19.4. The van der Waals surface area contributed by atoms with E-state index in [0.717, 1.165) is 0 Å². The molecule has 1 nitrogen and oxygen atoms in total. The fourth-order valence-electron chi connectivity index (χ4n) is 0.672. The quantitative estimate of drug-likeness (QED) is 0.640. The van der Waals surface area contributed by atoms with Gasteiger partial charge in [-0.25, -0.2) is 17.6 Å². The van der Waals surface area contributed by atoms with Crippen molar-refractivity contribution in [3.05, 3.63) is 0 Å². The van der Waals surface area contributed by atoms with Crippen LogP contribution in [0.1, 0.15) is 0 Å². The van der Waals surface area contributed by atoms with E-state index in [1.165, 1.54) is 0 Å². The summed E-state index contributed by atoms with van der Waals surface area (Å²) in [5.41, 5.74) is 0. The van der Waals surface area contributed by atoms with Gasteiger partial charge in [0, 0.05) is 0 Å². The average molecular weight is 332 g/mol. The first-order valence-electron chi connectivity index (χ1n) is 4.31. The van der Waals surface area contributed by atoms with Crippen LogP contribution in [-0.2, 0) is 4.74 Å². The van der Waals surface area contributed by atoms with Gasteiger partial charge in [-0.2, -0.15) is 35.1 Å². The average Bonchev–Trinajstić information content (AvgIpc) is 2.25. The van der Waals surface area contributed by atoms with Gasteiger partial charge in [-0.15, -0.1) is 0 Å². The third kappa shape index (κ3) is 3.41. The Morgan fingerprint density at radius 3 is 1.40 bits per heavy atom. The summed E-state index contributed by atoms with van der Waals surface area (Å²) in [6, 6.07) is 0. The zero-order valence-corrected chi connectivity index (χ0v) is 8.81. The molecule has 0 spiro atoms. The Hall–Kier alpha value is -0.880. The second kappa shape index (κ2) is 5.48. The number of alkyl halides is 12. The van der Waals surface area contributed by atoms with Crippen LogP contribution in [0.2, 0.25) is 0 Å². The summed E-state index contributed by atoms with van der Waals surface area (Å²) < 4.78 is 147. The van der Waals surface area contributed by atoms with Crippen molar-refractivity contribution in [2.45, 2.75) is 36.7 Å². The third-order valence-electron chi connectivity index (χ3n) is 1.82. The summed E-state index contributed by atoms with van der Waals surface area (Å²) in [4.78, 5) is 0. The molecule has 0 saturated carbocycles. The lowest BCUT2D eigenvalue weighted by Gasteiger charge is -2.32. The largest absolute Gasteiger partial charge is 0.426 e. The first-order valence-corrected chi connectivity index (χ1v) is 4.31. The minimum atomic E-state index is -6.90. The van der Waals surface area contributed by atoms with Gasteiger partial charge in [-0.05, 0) is 0 Å². The Labute approximate surface area is 102 Å². The third-order valence-corrected chi connectivity index (χ3v) is 1.82. The monoisotopic (exact) mass is 332 g/mol. The van der Waals surface area contributed by atoms with Gasteiger partial charge in [0.25, 0.3) is 0 Å². The molecule has 0 aromatic rings. The maximum Gasteiger partial charge on any atom is 0.426 e. The molecule has 0 unspecified atom stereocenters. The summed E-state index contributed by atoms with van der Waals surface area (Å²) >= 11 is 0. The topological polar surface area (TPSA) is 9.23 Å². The van der Waals surface area contributed by atoms with E-state index in [4.69, 9.17) is 0 Å². The van der Waals surface area contributed by atoms with E-state index in [1.807, 2.05) is 0 Å². The van der Waals surface area contributed by atoms with Crippen LogP contribution in [0.3, 0.4) is 0 Å². The van der Waals surface area contributed by atoms with E-state index in [9.17, 15) is 52.7 Å². The van der Waals surface area contributed by atoms with Gasteiger partial charge in [0.15, 0.2) is 0 Å². The summed E-state index contributed by atoms with van der Waals surface area (Å²) in [5, 5.41) is 0. The van der Waals surface area contributed by atoms with Gasteiger partial charge < -0.3 is 4.74 Å². The molecule has 0 aromatic carbocycles. The summed E-state index contributed by atoms with van der Waals surface area (Å²) in [5.74, 6) is -18.9. The van der Waals surface area contributed by atoms with E-state index in [1.54, 1.807) is 0 Å². The van der Waals surface area contributed by atoms with Gasteiger partial charge in [-0.3, -0.25) is 0 Å². The molecule has 0 N–H and O–H groups in total. The van der Waals surface area contributed by atoms with E-state index in [2.05, 4.69) is 4.74 Å². The van der Waals surface area contributed by atoms with Crippen LogP contribution >= 0.6 is 0 Å². The van der Waals surface area contributed by atoms with Crippen molar-refractivity contribution in [1.82, 2.24) is 0 Å². The van der Waals surface area contributed by atoms with Crippen LogP contribution in [0.5, 0.6) is 0 Å². The molecule has 0 bridgehead atoms. The molecular weight excluding hydrogens is 328 g/mol. The standard InChI is InChI=1S/C7H4F12O/c8-2(9)4(12,13)1-20-7(18,19)6(16,17)5(14,15)3(10)11/h2-3H,1H2. The molecule has 122 valence electrons. The predicted molar refractivity (Wildman–Crippen MR) is 37.7 cm³/mol. The lowest BCUT2D eigenvalue weighted by atomic mass is 10.1. The minimum absolute atomic E-state index is 2.33. The Morgan fingerprint density at radius 1 is 0.700 bits per heavy atom. The van der Waals surface area contributed by atoms with Crippen LogP contribution in [0, 0.1) is 0 Å². The molecule has 20 heavy (non-hydrogen) atoms. The number of hydrogen-bond donors (Lipinski definition) is 0. The molecular formula is C7H4F12O.